The molecule has 22 heavy (non-hydrogen) atoms. The highest BCUT2D eigenvalue weighted by molar-refractivity contribution is 6.21. The number of amides is 2. The second-order valence-electron chi connectivity index (χ2n) is 4.39. The molecule has 0 fully saturated rings. The van der Waals surface area contributed by atoms with Crippen LogP contribution >= 0.6 is 0 Å². The van der Waals surface area contributed by atoms with E-state index in [0.717, 1.165) is 9.91 Å². The van der Waals surface area contributed by atoms with Gasteiger partial charge in [-0.05, 0) is 12.1 Å². The lowest BCUT2D eigenvalue weighted by Crippen LogP contribution is -2.34. The van der Waals surface area contributed by atoms with Gasteiger partial charge in [0, 0.05) is 0 Å². The molecule has 2 amide bonds. The molecule has 1 aliphatic rings. The number of carboxylic acids is 1. The smallest absolute Gasteiger partial charge is 0.329 e. The van der Waals surface area contributed by atoms with Crippen molar-refractivity contribution in [1.82, 2.24) is 9.91 Å². The average molecular weight is 308 g/mol. The minimum absolute atomic E-state index is 0.0910. The molecule has 1 aromatic carbocycles. The van der Waals surface area contributed by atoms with E-state index in [2.05, 4.69) is 10.1 Å². The minimum atomic E-state index is -1.22. The quantitative estimate of drug-likeness (QED) is 0.341. The van der Waals surface area contributed by atoms with Gasteiger partial charge in [0.1, 0.15) is 0 Å². The molecule has 2 rings (SSSR count). The number of likely N-dealkylation sites (N-methyl/N-ethyl adjacent to an activating group) is 1. The molecule has 0 aliphatic carbocycles. The molecule has 10 heteroatoms. The summed E-state index contributed by atoms with van der Waals surface area (Å²) in [5, 5.41) is 23.6. The van der Waals surface area contributed by atoms with Gasteiger partial charge in [0.15, 0.2) is 6.54 Å². The largest absolute Gasteiger partial charge is 0.569 e. The Morgan fingerprint density at radius 1 is 1.36 bits per heavy atom. The van der Waals surface area contributed by atoms with Gasteiger partial charge in [-0.15, -0.1) is 5.01 Å². The van der Waals surface area contributed by atoms with E-state index in [1.165, 1.54) is 19.2 Å². The second kappa shape index (κ2) is 6.08. The molecular weight excluding hydrogens is 296 g/mol. The summed E-state index contributed by atoms with van der Waals surface area (Å²) in [6.07, 6.45) is 0. The Kier molecular flexibility index (Phi) is 4.20. The van der Waals surface area contributed by atoms with Crippen molar-refractivity contribution in [1.29, 1.82) is 0 Å². The molecule has 0 atom stereocenters. The number of benzene rings is 1. The first kappa shape index (κ1) is 15.2. The predicted octanol–water partition coefficient (Wildman–Crippen LogP) is 0.0656. The Morgan fingerprint density at radius 2 is 1.91 bits per heavy atom. The Morgan fingerprint density at radius 3 is 2.41 bits per heavy atom. The molecule has 10 nitrogen and oxygen atoms in total. The predicted molar refractivity (Wildman–Crippen MR) is 69.2 cm³/mol. The summed E-state index contributed by atoms with van der Waals surface area (Å²) in [7, 11) is 1.19. The normalized spacial score (nSPS) is 14.0. The maximum Gasteiger partial charge on any atom is 0.329 e. The van der Waals surface area contributed by atoms with Crippen molar-refractivity contribution in [3.63, 3.8) is 0 Å². The van der Waals surface area contributed by atoms with E-state index >= 15 is 0 Å². The number of hydrazine groups is 1. The third-order valence-corrected chi connectivity index (χ3v) is 2.85. The van der Waals surface area contributed by atoms with Gasteiger partial charge in [0.2, 0.25) is 12.0 Å². The molecule has 1 aromatic rings. The first-order valence-corrected chi connectivity index (χ1v) is 6.10. The highest BCUT2D eigenvalue weighted by Gasteiger charge is 2.35. The summed E-state index contributed by atoms with van der Waals surface area (Å²) in [6, 6.07) is 6.26. The molecule has 1 N–H and O–H groups in total. The molecule has 0 saturated heterocycles. The number of carbonyl (C=O) groups excluding carboxylic acids is 2. The van der Waals surface area contributed by atoms with Crippen molar-refractivity contribution in [3.8, 4) is 0 Å². The van der Waals surface area contributed by atoms with Crippen molar-refractivity contribution in [3.05, 3.63) is 40.6 Å². The number of carbonyl (C=O) groups is 3. The van der Waals surface area contributed by atoms with E-state index < -0.39 is 31.1 Å². The highest BCUT2D eigenvalue weighted by atomic mass is 16.7. The third kappa shape index (κ3) is 2.95. The first-order valence-electron chi connectivity index (χ1n) is 6.10. The molecule has 0 radical (unpaired) electrons. The average Bonchev–Trinajstić information content (AvgIpc) is 2.72. The zero-order valence-electron chi connectivity index (χ0n) is 11.5. The van der Waals surface area contributed by atoms with Gasteiger partial charge in [-0.25, -0.2) is 4.90 Å². The molecule has 1 aliphatic heterocycles. The summed E-state index contributed by atoms with van der Waals surface area (Å²) in [5.41, 5.74) is 0.496. The summed E-state index contributed by atoms with van der Waals surface area (Å²) >= 11 is 0. The van der Waals surface area contributed by atoms with Gasteiger partial charge >= 0.3 is 5.97 Å². The molecule has 0 spiro atoms. The van der Waals surface area contributed by atoms with Crippen LogP contribution in [-0.4, -0.2) is 58.1 Å². The lowest BCUT2D eigenvalue weighted by Gasteiger charge is -2.12. The van der Waals surface area contributed by atoms with E-state index in [4.69, 9.17) is 5.11 Å². The SMILES string of the molecule is CN(CC(=O)O)[N+]([O-])=NOCN1C(=O)c2ccccc2C1=O. The number of aliphatic carboxylic acids is 1. The van der Waals surface area contributed by atoms with Crippen LogP contribution in [0.25, 0.3) is 0 Å². The number of hydrogen-bond donors (Lipinski definition) is 1. The molecule has 0 unspecified atom stereocenters. The van der Waals surface area contributed by atoms with Gasteiger partial charge in [-0.2, -0.15) is 0 Å². The van der Waals surface area contributed by atoms with Gasteiger partial charge in [-0.1, -0.05) is 12.1 Å². The van der Waals surface area contributed by atoms with Gasteiger partial charge in [0.25, 0.3) is 11.8 Å². The first-order chi connectivity index (χ1) is 10.4. The Balaban J connectivity index is 1.98. The van der Waals surface area contributed by atoms with Crippen LogP contribution in [0.15, 0.2) is 29.5 Å². The van der Waals surface area contributed by atoms with E-state index in [-0.39, 0.29) is 16.1 Å². The van der Waals surface area contributed by atoms with Crippen molar-refractivity contribution >= 4 is 17.8 Å². The Labute approximate surface area is 124 Å². The zero-order chi connectivity index (χ0) is 16.3. The van der Waals surface area contributed by atoms with Crippen LogP contribution in [0.2, 0.25) is 0 Å². The Hall–Kier alpha value is -3.17. The molecule has 0 saturated carbocycles. The molecule has 0 bridgehead atoms. The van der Waals surface area contributed by atoms with E-state index in [0.29, 0.717) is 0 Å². The van der Waals surface area contributed by atoms with Crippen LogP contribution in [0.4, 0.5) is 0 Å². The zero-order valence-corrected chi connectivity index (χ0v) is 11.5. The standard InChI is InChI=1S/C12H12N4O6/c1-14(6-10(17)18)16(21)13-22-7-15-11(19)8-4-2-3-5-9(8)12(15)20/h2-5H,6-7H2,1H3,(H,17,18). The maximum atomic E-state index is 12.0. The minimum Gasteiger partial charge on any atom is -0.569 e. The number of imide groups is 1. The van der Waals surface area contributed by atoms with Crippen LogP contribution in [0, 0.1) is 5.21 Å². The number of hydrogen-bond acceptors (Lipinski definition) is 6. The summed E-state index contributed by atoms with van der Waals surface area (Å²) in [5.74, 6) is -2.32. The number of rotatable bonds is 6. The molecule has 1 heterocycles. The number of nitrogens with zero attached hydrogens (tertiary/aromatic N) is 4. The summed E-state index contributed by atoms with van der Waals surface area (Å²) in [6.45, 7) is -1.13. The number of fused-ring (bicyclic) bond motifs is 1. The number of carboxylic acid groups (broad SMARTS) is 1. The van der Waals surface area contributed by atoms with Crippen molar-refractivity contribution in [2.75, 3.05) is 20.3 Å². The topological polar surface area (TPSA) is 126 Å². The maximum absolute atomic E-state index is 12.0. The monoisotopic (exact) mass is 308 g/mol. The van der Waals surface area contributed by atoms with Gasteiger partial charge < -0.3 is 15.2 Å². The highest BCUT2D eigenvalue weighted by Crippen LogP contribution is 2.21. The molecule has 116 valence electrons. The van der Waals surface area contributed by atoms with Crippen molar-refractivity contribution < 1.29 is 29.3 Å². The van der Waals surface area contributed by atoms with E-state index in [1.807, 2.05) is 0 Å². The van der Waals surface area contributed by atoms with Crippen LogP contribution in [0.3, 0.4) is 0 Å². The third-order valence-electron chi connectivity index (χ3n) is 2.85. The Bertz CT molecular complexity index is 624. The van der Waals surface area contributed by atoms with E-state index in [9.17, 15) is 19.6 Å². The van der Waals surface area contributed by atoms with Crippen LogP contribution in [0.1, 0.15) is 20.7 Å². The van der Waals surface area contributed by atoms with Crippen molar-refractivity contribution in [2.24, 2.45) is 5.28 Å². The van der Waals surface area contributed by atoms with Crippen LogP contribution in [0.5, 0.6) is 0 Å². The lowest BCUT2D eigenvalue weighted by atomic mass is 10.1. The van der Waals surface area contributed by atoms with E-state index in [1.54, 1.807) is 12.1 Å². The van der Waals surface area contributed by atoms with Crippen molar-refractivity contribution in [2.45, 2.75) is 0 Å². The fourth-order valence-corrected chi connectivity index (χ4v) is 1.81. The molecular formula is C12H12N4O6. The summed E-state index contributed by atoms with van der Waals surface area (Å²) < 4.78 is 0. The fourth-order valence-electron chi connectivity index (χ4n) is 1.81. The van der Waals surface area contributed by atoms with Crippen LogP contribution < -0.4 is 0 Å². The van der Waals surface area contributed by atoms with Crippen LogP contribution in [-0.2, 0) is 9.63 Å². The lowest BCUT2D eigenvalue weighted by molar-refractivity contribution is -0.703. The fraction of sp³-hybridized carbons (Fsp3) is 0.250. The van der Waals surface area contributed by atoms with Gasteiger partial charge in [-0.3, -0.25) is 14.4 Å². The summed E-state index contributed by atoms with van der Waals surface area (Å²) in [4.78, 5) is 39.7. The van der Waals surface area contributed by atoms with Gasteiger partial charge in [0.05, 0.1) is 23.1 Å². The second-order valence-corrected chi connectivity index (χ2v) is 4.39. The molecule has 0 aromatic heterocycles.